The van der Waals surface area contributed by atoms with E-state index in [-0.39, 0.29) is 16.8 Å². The molecule has 3 aromatic carbocycles. The van der Waals surface area contributed by atoms with Gasteiger partial charge in [0.25, 0.3) is 11.8 Å². The molecule has 8 heteroatoms. The first kappa shape index (κ1) is 22.7. The predicted molar refractivity (Wildman–Crippen MR) is 125 cm³/mol. The number of imide groups is 1. The van der Waals surface area contributed by atoms with Gasteiger partial charge in [0.05, 0.1) is 16.8 Å². The van der Waals surface area contributed by atoms with E-state index in [1.165, 1.54) is 24.3 Å². The summed E-state index contributed by atoms with van der Waals surface area (Å²) in [5, 5.41) is 0. The Kier molecular flexibility index (Phi) is 6.40. The highest BCUT2D eigenvalue weighted by molar-refractivity contribution is 6.25. The van der Waals surface area contributed by atoms with Gasteiger partial charge in [-0.2, -0.15) is 0 Å². The first-order valence-electron chi connectivity index (χ1n) is 10.5. The van der Waals surface area contributed by atoms with Gasteiger partial charge in [0.2, 0.25) is 12.2 Å². The zero-order chi connectivity index (χ0) is 24.2. The Morgan fingerprint density at radius 1 is 0.676 bits per heavy atom. The largest absolute Gasteiger partial charge is 0.444 e. The second-order valence-electron chi connectivity index (χ2n) is 7.81. The lowest BCUT2D eigenvalue weighted by Gasteiger charge is -2.17. The number of carbonyl (C=O) groups excluding carboxylic acids is 4. The highest BCUT2D eigenvalue weighted by atomic mass is 16.6. The third-order valence-electron chi connectivity index (χ3n) is 5.31. The molecule has 1 aliphatic rings. The number of hydrogen-bond donors (Lipinski definition) is 0. The van der Waals surface area contributed by atoms with Crippen molar-refractivity contribution >= 4 is 35.1 Å². The van der Waals surface area contributed by atoms with E-state index in [9.17, 15) is 19.2 Å². The number of rotatable bonds is 6. The maximum Gasteiger partial charge on any atom is 0.339 e. The summed E-state index contributed by atoms with van der Waals surface area (Å²) in [4.78, 5) is 54.6. The van der Waals surface area contributed by atoms with Crippen LogP contribution in [0.5, 0.6) is 0 Å². The molecule has 0 radical (unpaired) electrons. The molecule has 0 bridgehead atoms. The van der Waals surface area contributed by atoms with Gasteiger partial charge in [0, 0.05) is 19.8 Å². The molecule has 1 aliphatic heterocycles. The number of nitrogens with zero attached hydrogens (tertiary/aromatic N) is 2. The van der Waals surface area contributed by atoms with Crippen LogP contribution in [0.25, 0.3) is 0 Å². The normalized spacial score (nSPS) is 17.4. The molecular weight excluding hydrogens is 436 g/mol. The lowest BCUT2D eigenvalue weighted by Crippen LogP contribution is -2.37. The van der Waals surface area contributed by atoms with Crippen molar-refractivity contribution in [3.63, 3.8) is 0 Å². The van der Waals surface area contributed by atoms with Gasteiger partial charge in [-0.1, -0.05) is 36.4 Å². The zero-order valence-electron chi connectivity index (χ0n) is 18.6. The monoisotopic (exact) mass is 458 g/mol. The van der Waals surface area contributed by atoms with Gasteiger partial charge >= 0.3 is 11.9 Å². The number of benzene rings is 3. The standard InChI is InChI=1S/C26H22N2O6/c1-27(2)19-13-15-20(16-14-19)28-23(29)21(33-25(31)17-9-5-3-6-10-17)22(24(28)30)34-26(32)18-11-7-4-8-12-18/h3-16,21-22H,1-2H3/t21-,22+. The van der Waals surface area contributed by atoms with E-state index in [4.69, 9.17) is 9.47 Å². The average molecular weight is 458 g/mol. The molecule has 1 fully saturated rings. The van der Waals surface area contributed by atoms with E-state index in [1.807, 2.05) is 19.0 Å². The van der Waals surface area contributed by atoms with Crippen LogP contribution >= 0.6 is 0 Å². The van der Waals surface area contributed by atoms with Crippen molar-refractivity contribution in [3.8, 4) is 0 Å². The first-order valence-corrected chi connectivity index (χ1v) is 10.5. The summed E-state index contributed by atoms with van der Waals surface area (Å²) < 4.78 is 10.8. The van der Waals surface area contributed by atoms with Crippen LogP contribution in [-0.4, -0.2) is 50.1 Å². The highest BCUT2D eigenvalue weighted by Gasteiger charge is 2.53. The average Bonchev–Trinajstić information content (AvgIpc) is 3.08. The van der Waals surface area contributed by atoms with E-state index in [0.717, 1.165) is 10.6 Å². The van der Waals surface area contributed by atoms with Crippen LogP contribution in [0.2, 0.25) is 0 Å². The Hall–Kier alpha value is -4.46. The van der Waals surface area contributed by atoms with E-state index in [1.54, 1.807) is 60.7 Å². The quantitative estimate of drug-likeness (QED) is 0.414. The number of ether oxygens (including phenoxy) is 2. The molecule has 3 aromatic rings. The SMILES string of the molecule is CN(C)c1ccc(N2C(=O)[C@@H](OC(=O)c3ccccc3)[C@@H](OC(=O)c3ccccc3)C2=O)cc1. The summed E-state index contributed by atoms with van der Waals surface area (Å²) in [5.74, 6) is -3.20. The van der Waals surface area contributed by atoms with Crippen LogP contribution in [0.4, 0.5) is 11.4 Å². The van der Waals surface area contributed by atoms with Gasteiger partial charge in [-0.3, -0.25) is 9.59 Å². The third kappa shape index (κ3) is 4.52. The Balaban J connectivity index is 1.65. The van der Waals surface area contributed by atoms with Gasteiger partial charge in [0.15, 0.2) is 0 Å². The van der Waals surface area contributed by atoms with Gasteiger partial charge < -0.3 is 14.4 Å². The molecule has 0 spiro atoms. The molecular formula is C26H22N2O6. The molecule has 8 nitrogen and oxygen atoms in total. The molecule has 0 N–H and O–H groups in total. The van der Waals surface area contributed by atoms with Gasteiger partial charge in [-0.15, -0.1) is 0 Å². The summed E-state index contributed by atoms with van der Waals surface area (Å²) in [6.45, 7) is 0. The number of carbonyl (C=O) groups is 4. The second-order valence-corrected chi connectivity index (χ2v) is 7.81. The van der Waals surface area contributed by atoms with E-state index < -0.39 is 36.0 Å². The minimum atomic E-state index is -1.62. The number of esters is 2. The molecule has 0 aromatic heterocycles. The van der Waals surface area contributed by atoms with E-state index >= 15 is 0 Å². The van der Waals surface area contributed by atoms with Crippen molar-refractivity contribution in [1.82, 2.24) is 0 Å². The minimum absolute atomic E-state index is 0.199. The maximum atomic E-state index is 13.3. The van der Waals surface area contributed by atoms with Gasteiger partial charge in [-0.05, 0) is 48.5 Å². The van der Waals surface area contributed by atoms with Crippen molar-refractivity contribution in [2.75, 3.05) is 23.9 Å². The molecule has 4 rings (SSSR count). The lowest BCUT2D eigenvalue weighted by molar-refractivity contribution is -0.130. The summed E-state index contributed by atoms with van der Waals surface area (Å²) >= 11 is 0. The predicted octanol–water partition coefficient (Wildman–Crippen LogP) is 3.08. The van der Waals surface area contributed by atoms with Crippen LogP contribution in [-0.2, 0) is 19.1 Å². The van der Waals surface area contributed by atoms with Crippen LogP contribution in [0.1, 0.15) is 20.7 Å². The fourth-order valence-electron chi connectivity index (χ4n) is 3.52. The van der Waals surface area contributed by atoms with Crippen molar-refractivity contribution in [3.05, 3.63) is 96.1 Å². The van der Waals surface area contributed by atoms with Crippen LogP contribution in [0, 0.1) is 0 Å². The Labute approximate surface area is 196 Å². The third-order valence-corrected chi connectivity index (χ3v) is 5.31. The van der Waals surface area contributed by atoms with Crippen LogP contribution < -0.4 is 9.80 Å². The molecule has 0 aliphatic carbocycles. The summed E-state index contributed by atoms with van der Waals surface area (Å²) in [5.41, 5.74) is 1.54. The van der Waals surface area contributed by atoms with Gasteiger partial charge in [0.1, 0.15) is 0 Å². The molecule has 0 saturated carbocycles. The van der Waals surface area contributed by atoms with Crippen molar-refractivity contribution in [2.24, 2.45) is 0 Å². The number of hydrogen-bond acceptors (Lipinski definition) is 7. The Morgan fingerprint density at radius 2 is 1.09 bits per heavy atom. The fourth-order valence-corrected chi connectivity index (χ4v) is 3.52. The van der Waals surface area contributed by atoms with Crippen LogP contribution in [0.15, 0.2) is 84.9 Å². The number of anilines is 2. The second kappa shape index (κ2) is 9.58. The fraction of sp³-hybridized carbons (Fsp3) is 0.154. The van der Waals surface area contributed by atoms with E-state index in [2.05, 4.69) is 0 Å². The highest BCUT2D eigenvalue weighted by Crippen LogP contribution is 2.29. The summed E-state index contributed by atoms with van der Waals surface area (Å²) in [7, 11) is 3.72. The molecule has 2 atom stereocenters. The van der Waals surface area contributed by atoms with E-state index in [0.29, 0.717) is 0 Å². The molecule has 1 saturated heterocycles. The van der Waals surface area contributed by atoms with Crippen molar-refractivity contribution in [1.29, 1.82) is 0 Å². The van der Waals surface area contributed by atoms with Crippen molar-refractivity contribution in [2.45, 2.75) is 12.2 Å². The zero-order valence-corrected chi connectivity index (χ0v) is 18.6. The number of amides is 2. The smallest absolute Gasteiger partial charge is 0.339 e. The molecule has 1 heterocycles. The maximum absolute atomic E-state index is 13.3. The summed E-state index contributed by atoms with van der Waals surface area (Å²) in [6, 6.07) is 22.8. The molecule has 34 heavy (non-hydrogen) atoms. The molecule has 172 valence electrons. The van der Waals surface area contributed by atoms with Gasteiger partial charge in [-0.25, -0.2) is 14.5 Å². The Morgan fingerprint density at radius 3 is 1.47 bits per heavy atom. The summed E-state index contributed by atoms with van der Waals surface area (Å²) in [6.07, 6.45) is -3.25. The molecule has 0 unspecified atom stereocenters. The minimum Gasteiger partial charge on any atom is -0.444 e. The van der Waals surface area contributed by atoms with Crippen molar-refractivity contribution < 1.29 is 28.7 Å². The van der Waals surface area contributed by atoms with Crippen LogP contribution in [0.3, 0.4) is 0 Å². The topological polar surface area (TPSA) is 93.2 Å². The molecule has 2 amide bonds. The Bertz CT molecular complexity index is 1140. The first-order chi connectivity index (χ1) is 16.4. The lowest BCUT2D eigenvalue weighted by atomic mass is 10.2.